The van der Waals surface area contributed by atoms with Crippen LogP contribution in [0.4, 0.5) is 10.5 Å². The van der Waals surface area contributed by atoms with Crippen molar-refractivity contribution in [3.05, 3.63) is 28.8 Å². The van der Waals surface area contributed by atoms with Crippen molar-refractivity contribution in [1.82, 2.24) is 5.32 Å². The van der Waals surface area contributed by atoms with Crippen molar-refractivity contribution < 1.29 is 9.53 Å². The molecule has 0 aromatic heterocycles. The summed E-state index contributed by atoms with van der Waals surface area (Å²) >= 11 is 0. The van der Waals surface area contributed by atoms with Crippen LogP contribution in [-0.4, -0.2) is 11.7 Å². The predicted octanol–water partition coefficient (Wildman–Crippen LogP) is 3.09. The average molecular weight is 262 g/mol. The molecule has 1 aromatic carbocycles. The summed E-state index contributed by atoms with van der Waals surface area (Å²) in [4.78, 5) is 11.8. The number of nitrogens with two attached hydrogens (primary N) is 1. The molecule has 0 radical (unpaired) electrons. The van der Waals surface area contributed by atoms with E-state index in [0.29, 0.717) is 0 Å². The lowest BCUT2D eigenvalue weighted by molar-refractivity contribution is 0.0503. The summed E-state index contributed by atoms with van der Waals surface area (Å²) in [6, 6.07) is 3.94. The standard InChI is InChI=1S/C15H22N2O2/c1-9-10-6-8-13(11(10)5-7-12(9)16)17-14(18)19-15(2,3)4/h5,7,13H,6,8,16H2,1-4H3,(H,17,18)/t13-/m0/s1. The molecule has 1 aliphatic rings. The van der Waals surface area contributed by atoms with Crippen LogP contribution >= 0.6 is 0 Å². The molecule has 0 fully saturated rings. The summed E-state index contributed by atoms with van der Waals surface area (Å²) in [6.07, 6.45) is 1.49. The van der Waals surface area contributed by atoms with Crippen molar-refractivity contribution in [2.24, 2.45) is 0 Å². The highest BCUT2D eigenvalue weighted by atomic mass is 16.6. The van der Waals surface area contributed by atoms with E-state index in [4.69, 9.17) is 10.5 Å². The second-order valence-electron chi connectivity index (χ2n) is 6.09. The Kier molecular flexibility index (Phi) is 3.43. The van der Waals surface area contributed by atoms with Crippen LogP contribution in [0.25, 0.3) is 0 Å². The van der Waals surface area contributed by atoms with Gasteiger partial charge in [-0.15, -0.1) is 0 Å². The van der Waals surface area contributed by atoms with E-state index in [1.165, 1.54) is 5.56 Å². The Labute approximate surface area is 114 Å². The highest BCUT2D eigenvalue weighted by Crippen LogP contribution is 2.35. The molecule has 0 unspecified atom stereocenters. The molecular weight excluding hydrogens is 240 g/mol. The number of fused-ring (bicyclic) bond motifs is 1. The second kappa shape index (κ2) is 4.76. The third kappa shape index (κ3) is 3.00. The summed E-state index contributed by atoms with van der Waals surface area (Å²) in [7, 11) is 0. The maximum absolute atomic E-state index is 11.8. The van der Waals surface area contributed by atoms with E-state index in [1.54, 1.807) is 0 Å². The van der Waals surface area contributed by atoms with E-state index in [9.17, 15) is 4.79 Å². The van der Waals surface area contributed by atoms with Crippen molar-refractivity contribution in [2.45, 2.75) is 52.2 Å². The summed E-state index contributed by atoms with van der Waals surface area (Å²) in [6.45, 7) is 7.62. The highest BCUT2D eigenvalue weighted by molar-refractivity contribution is 5.69. The smallest absolute Gasteiger partial charge is 0.408 e. The number of carbonyl (C=O) groups excluding carboxylic acids is 1. The molecule has 1 aliphatic carbocycles. The number of rotatable bonds is 1. The summed E-state index contributed by atoms with van der Waals surface area (Å²) in [5.41, 5.74) is 9.82. The number of hydrogen-bond acceptors (Lipinski definition) is 3. The monoisotopic (exact) mass is 262 g/mol. The van der Waals surface area contributed by atoms with E-state index in [2.05, 4.69) is 5.32 Å². The van der Waals surface area contributed by atoms with Crippen LogP contribution in [0.15, 0.2) is 12.1 Å². The van der Waals surface area contributed by atoms with Gasteiger partial charge in [0.15, 0.2) is 0 Å². The average Bonchev–Trinajstić information content (AvgIpc) is 2.65. The molecule has 0 saturated heterocycles. The molecule has 0 aliphatic heterocycles. The third-order valence-electron chi connectivity index (χ3n) is 3.43. The SMILES string of the molecule is Cc1c(N)ccc2c1CC[C@@H]2NC(=O)OC(C)(C)C. The number of nitrogens with one attached hydrogen (secondary N) is 1. The summed E-state index contributed by atoms with van der Waals surface area (Å²) in [5, 5.41) is 2.94. The number of hydrogen-bond donors (Lipinski definition) is 2. The van der Waals surface area contributed by atoms with E-state index in [-0.39, 0.29) is 12.1 Å². The zero-order valence-electron chi connectivity index (χ0n) is 12.0. The third-order valence-corrected chi connectivity index (χ3v) is 3.43. The van der Waals surface area contributed by atoms with Gasteiger partial charge < -0.3 is 15.8 Å². The first-order valence-corrected chi connectivity index (χ1v) is 6.65. The normalized spacial score (nSPS) is 18.0. The molecule has 2 rings (SSSR count). The quantitative estimate of drug-likeness (QED) is 0.764. The minimum atomic E-state index is -0.470. The van der Waals surface area contributed by atoms with Gasteiger partial charge in [-0.1, -0.05) is 6.07 Å². The predicted molar refractivity (Wildman–Crippen MR) is 76.0 cm³/mol. The number of nitrogen functional groups attached to an aromatic ring is 1. The first kappa shape index (κ1) is 13.7. The fourth-order valence-corrected chi connectivity index (χ4v) is 2.50. The Hall–Kier alpha value is -1.71. The topological polar surface area (TPSA) is 64.3 Å². The molecule has 0 heterocycles. The Morgan fingerprint density at radius 1 is 1.42 bits per heavy atom. The number of anilines is 1. The zero-order valence-corrected chi connectivity index (χ0v) is 12.0. The van der Waals surface area contributed by atoms with Crippen LogP contribution in [0.5, 0.6) is 0 Å². The number of benzene rings is 1. The molecule has 19 heavy (non-hydrogen) atoms. The summed E-state index contributed by atoms with van der Waals surface area (Å²) < 4.78 is 5.29. The lowest BCUT2D eigenvalue weighted by atomic mass is 10.0. The maximum Gasteiger partial charge on any atom is 0.408 e. The van der Waals surface area contributed by atoms with Gasteiger partial charge in [-0.25, -0.2) is 4.79 Å². The minimum absolute atomic E-state index is 0.0316. The lowest BCUT2D eigenvalue weighted by Gasteiger charge is -2.22. The summed E-state index contributed by atoms with van der Waals surface area (Å²) in [5.74, 6) is 0. The van der Waals surface area contributed by atoms with Crippen LogP contribution in [0.3, 0.4) is 0 Å². The molecule has 1 amide bonds. The molecule has 0 bridgehead atoms. The molecule has 4 heteroatoms. The molecule has 1 atom stereocenters. The van der Waals surface area contributed by atoms with E-state index in [0.717, 1.165) is 29.7 Å². The second-order valence-corrected chi connectivity index (χ2v) is 6.09. The van der Waals surface area contributed by atoms with Gasteiger partial charge in [-0.2, -0.15) is 0 Å². The number of carbonyl (C=O) groups is 1. The highest BCUT2D eigenvalue weighted by Gasteiger charge is 2.27. The fraction of sp³-hybridized carbons (Fsp3) is 0.533. The molecule has 3 N–H and O–H groups in total. The largest absolute Gasteiger partial charge is 0.444 e. The van der Waals surface area contributed by atoms with Gasteiger partial charge in [-0.3, -0.25) is 0 Å². The Morgan fingerprint density at radius 3 is 2.74 bits per heavy atom. The van der Waals surface area contributed by atoms with E-state index < -0.39 is 5.60 Å². The first-order chi connectivity index (χ1) is 8.78. The van der Waals surface area contributed by atoms with Crippen LogP contribution in [-0.2, 0) is 11.2 Å². The fourth-order valence-electron chi connectivity index (χ4n) is 2.50. The molecule has 1 aromatic rings. The lowest BCUT2D eigenvalue weighted by Crippen LogP contribution is -2.34. The molecular formula is C15H22N2O2. The van der Waals surface area contributed by atoms with Gasteiger partial charge >= 0.3 is 6.09 Å². The maximum atomic E-state index is 11.8. The van der Waals surface area contributed by atoms with Gasteiger partial charge in [0.2, 0.25) is 0 Å². The van der Waals surface area contributed by atoms with Crippen LogP contribution in [0.1, 0.15) is 49.9 Å². The minimum Gasteiger partial charge on any atom is -0.444 e. The van der Waals surface area contributed by atoms with Crippen molar-refractivity contribution >= 4 is 11.8 Å². The van der Waals surface area contributed by atoms with Crippen molar-refractivity contribution in [1.29, 1.82) is 0 Å². The molecule has 0 saturated carbocycles. The van der Waals surface area contributed by atoms with Gasteiger partial charge in [0.1, 0.15) is 5.60 Å². The zero-order chi connectivity index (χ0) is 14.2. The van der Waals surface area contributed by atoms with Crippen LogP contribution in [0, 0.1) is 6.92 Å². The van der Waals surface area contributed by atoms with Crippen molar-refractivity contribution in [2.75, 3.05) is 5.73 Å². The Balaban J connectivity index is 2.11. The van der Waals surface area contributed by atoms with Gasteiger partial charge in [0, 0.05) is 5.69 Å². The Bertz CT molecular complexity index is 504. The van der Waals surface area contributed by atoms with Crippen LogP contribution < -0.4 is 11.1 Å². The number of amides is 1. The molecule has 4 nitrogen and oxygen atoms in total. The molecule has 104 valence electrons. The van der Waals surface area contributed by atoms with Gasteiger partial charge in [-0.05, 0) is 63.3 Å². The van der Waals surface area contributed by atoms with Crippen molar-refractivity contribution in [3.63, 3.8) is 0 Å². The molecule has 0 spiro atoms. The Morgan fingerprint density at radius 2 is 2.11 bits per heavy atom. The van der Waals surface area contributed by atoms with E-state index in [1.807, 2.05) is 39.8 Å². The number of alkyl carbamates (subject to hydrolysis) is 1. The van der Waals surface area contributed by atoms with E-state index >= 15 is 0 Å². The van der Waals surface area contributed by atoms with Gasteiger partial charge in [0.05, 0.1) is 6.04 Å². The number of ether oxygens (including phenoxy) is 1. The van der Waals surface area contributed by atoms with Crippen LogP contribution in [0.2, 0.25) is 0 Å². The first-order valence-electron chi connectivity index (χ1n) is 6.65. The van der Waals surface area contributed by atoms with Crippen molar-refractivity contribution in [3.8, 4) is 0 Å². The van der Waals surface area contributed by atoms with Gasteiger partial charge in [0.25, 0.3) is 0 Å².